The predicted octanol–water partition coefficient (Wildman–Crippen LogP) is 0.871. The standard InChI is InChI=1S/C12H17N3O/c13-11-4-3-10(5-14-11)15-6-8-1-2-9(7-15)12(8)16/h3-5,8-9,12,16H,1-2,6-7H2,(H2,13,14)/t8-,9?,12?/m1/s1. The summed E-state index contributed by atoms with van der Waals surface area (Å²) in [5.74, 6) is 1.44. The lowest BCUT2D eigenvalue weighted by atomic mass is 9.95. The van der Waals surface area contributed by atoms with Crippen LogP contribution in [0.1, 0.15) is 12.8 Å². The molecule has 4 nitrogen and oxygen atoms in total. The molecule has 2 unspecified atom stereocenters. The number of anilines is 2. The Morgan fingerprint density at radius 1 is 1.25 bits per heavy atom. The third kappa shape index (κ3) is 1.53. The van der Waals surface area contributed by atoms with E-state index in [1.807, 2.05) is 18.3 Å². The van der Waals surface area contributed by atoms with Crippen LogP contribution in [0.25, 0.3) is 0 Å². The smallest absolute Gasteiger partial charge is 0.123 e. The van der Waals surface area contributed by atoms with Gasteiger partial charge >= 0.3 is 0 Å². The van der Waals surface area contributed by atoms with Gasteiger partial charge in [0.2, 0.25) is 0 Å². The van der Waals surface area contributed by atoms with Crippen molar-refractivity contribution in [3.05, 3.63) is 18.3 Å². The zero-order valence-electron chi connectivity index (χ0n) is 9.21. The Morgan fingerprint density at radius 3 is 2.50 bits per heavy atom. The second kappa shape index (κ2) is 3.63. The number of aliphatic hydroxyl groups is 1. The third-order valence-electron chi connectivity index (χ3n) is 3.92. The highest BCUT2D eigenvalue weighted by atomic mass is 16.3. The fraction of sp³-hybridized carbons (Fsp3) is 0.583. The highest BCUT2D eigenvalue weighted by Crippen LogP contribution is 2.38. The molecule has 2 heterocycles. The van der Waals surface area contributed by atoms with E-state index in [4.69, 9.17) is 5.73 Å². The summed E-state index contributed by atoms with van der Waals surface area (Å²) >= 11 is 0. The summed E-state index contributed by atoms with van der Waals surface area (Å²) in [5.41, 5.74) is 6.70. The van der Waals surface area contributed by atoms with Gasteiger partial charge < -0.3 is 15.7 Å². The molecule has 2 bridgehead atoms. The van der Waals surface area contributed by atoms with Crippen molar-refractivity contribution in [2.75, 3.05) is 23.7 Å². The Balaban J connectivity index is 1.80. The molecular formula is C12H17N3O. The van der Waals surface area contributed by atoms with Crippen LogP contribution in [0.2, 0.25) is 0 Å². The van der Waals surface area contributed by atoms with E-state index in [1.165, 1.54) is 0 Å². The minimum Gasteiger partial charge on any atom is -0.392 e. The molecule has 0 aromatic carbocycles. The number of hydrogen-bond donors (Lipinski definition) is 2. The van der Waals surface area contributed by atoms with E-state index < -0.39 is 0 Å². The molecule has 1 saturated carbocycles. The maximum atomic E-state index is 9.96. The first-order chi connectivity index (χ1) is 7.74. The summed E-state index contributed by atoms with van der Waals surface area (Å²) in [6.45, 7) is 1.90. The van der Waals surface area contributed by atoms with E-state index in [-0.39, 0.29) is 6.10 Å². The number of nitrogens with zero attached hydrogens (tertiary/aromatic N) is 2. The minimum absolute atomic E-state index is 0.0852. The number of nitrogens with two attached hydrogens (primary N) is 1. The number of piperidine rings is 1. The van der Waals surface area contributed by atoms with E-state index in [0.717, 1.165) is 31.6 Å². The van der Waals surface area contributed by atoms with Crippen molar-refractivity contribution in [1.29, 1.82) is 0 Å². The number of rotatable bonds is 1. The molecular weight excluding hydrogens is 202 g/mol. The second-order valence-corrected chi connectivity index (χ2v) is 4.93. The van der Waals surface area contributed by atoms with Gasteiger partial charge in [-0.3, -0.25) is 0 Å². The normalized spacial score (nSPS) is 33.1. The molecule has 16 heavy (non-hydrogen) atoms. The molecule has 3 rings (SSSR count). The Kier molecular flexibility index (Phi) is 2.24. The monoisotopic (exact) mass is 219 g/mol. The van der Waals surface area contributed by atoms with Crippen LogP contribution in [-0.2, 0) is 0 Å². The molecule has 3 atom stereocenters. The number of nitrogen functional groups attached to an aromatic ring is 1. The van der Waals surface area contributed by atoms with Gasteiger partial charge in [-0.2, -0.15) is 0 Å². The summed E-state index contributed by atoms with van der Waals surface area (Å²) in [7, 11) is 0. The van der Waals surface area contributed by atoms with Gasteiger partial charge in [0.1, 0.15) is 5.82 Å². The van der Waals surface area contributed by atoms with Crippen molar-refractivity contribution in [2.45, 2.75) is 18.9 Å². The lowest BCUT2D eigenvalue weighted by molar-refractivity contribution is 0.0792. The second-order valence-electron chi connectivity index (χ2n) is 4.93. The molecule has 2 fully saturated rings. The van der Waals surface area contributed by atoms with Crippen LogP contribution in [0.5, 0.6) is 0 Å². The first-order valence-corrected chi connectivity index (χ1v) is 5.88. The van der Waals surface area contributed by atoms with Crippen molar-refractivity contribution in [3.63, 3.8) is 0 Å². The molecule has 2 aliphatic rings. The SMILES string of the molecule is Nc1ccc(N2CC3CC[C@H](C2)C3O)cn1. The summed E-state index contributed by atoms with van der Waals surface area (Å²) in [6.07, 6.45) is 4.06. The molecule has 1 saturated heterocycles. The van der Waals surface area contributed by atoms with Crippen molar-refractivity contribution in [2.24, 2.45) is 11.8 Å². The number of aromatic nitrogens is 1. The van der Waals surface area contributed by atoms with Gasteiger partial charge in [-0.1, -0.05) is 0 Å². The van der Waals surface area contributed by atoms with Crippen LogP contribution in [0, 0.1) is 11.8 Å². The lowest BCUT2D eigenvalue weighted by Crippen LogP contribution is -2.44. The Bertz CT molecular complexity index is 364. The Hall–Kier alpha value is -1.29. The van der Waals surface area contributed by atoms with E-state index in [1.54, 1.807) is 0 Å². The van der Waals surface area contributed by atoms with Crippen LogP contribution in [0.4, 0.5) is 11.5 Å². The Morgan fingerprint density at radius 2 is 1.94 bits per heavy atom. The largest absolute Gasteiger partial charge is 0.392 e. The summed E-state index contributed by atoms with van der Waals surface area (Å²) in [4.78, 5) is 6.44. The van der Waals surface area contributed by atoms with Gasteiger partial charge in [0.25, 0.3) is 0 Å². The van der Waals surface area contributed by atoms with Crippen molar-refractivity contribution < 1.29 is 5.11 Å². The van der Waals surface area contributed by atoms with E-state index in [2.05, 4.69) is 9.88 Å². The lowest BCUT2D eigenvalue weighted by Gasteiger charge is -2.36. The Labute approximate surface area is 95.1 Å². The van der Waals surface area contributed by atoms with Crippen LogP contribution in [0.3, 0.4) is 0 Å². The minimum atomic E-state index is -0.0852. The van der Waals surface area contributed by atoms with E-state index >= 15 is 0 Å². The fourth-order valence-corrected chi connectivity index (χ4v) is 2.99. The molecule has 0 radical (unpaired) electrons. The molecule has 86 valence electrons. The number of aliphatic hydroxyl groups excluding tert-OH is 1. The third-order valence-corrected chi connectivity index (χ3v) is 3.92. The quantitative estimate of drug-likeness (QED) is 0.735. The van der Waals surface area contributed by atoms with Gasteiger partial charge in [0, 0.05) is 24.9 Å². The van der Waals surface area contributed by atoms with Crippen molar-refractivity contribution >= 4 is 11.5 Å². The number of hydrogen-bond acceptors (Lipinski definition) is 4. The summed E-state index contributed by atoms with van der Waals surface area (Å²) in [6, 6.07) is 3.85. The molecule has 1 aromatic heterocycles. The first-order valence-electron chi connectivity index (χ1n) is 5.88. The molecule has 1 aliphatic heterocycles. The zero-order chi connectivity index (χ0) is 11.1. The van der Waals surface area contributed by atoms with Gasteiger partial charge in [-0.05, 0) is 25.0 Å². The molecule has 1 aliphatic carbocycles. The van der Waals surface area contributed by atoms with Crippen LogP contribution in [-0.4, -0.2) is 29.3 Å². The number of fused-ring (bicyclic) bond motifs is 2. The molecule has 3 N–H and O–H groups in total. The van der Waals surface area contributed by atoms with Gasteiger partial charge in [0.15, 0.2) is 0 Å². The zero-order valence-corrected chi connectivity index (χ0v) is 9.21. The van der Waals surface area contributed by atoms with Crippen molar-refractivity contribution in [1.82, 2.24) is 4.98 Å². The first kappa shape index (κ1) is 9.90. The molecule has 0 amide bonds. The molecule has 1 aromatic rings. The van der Waals surface area contributed by atoms with E-state index in [0.29, 0.717) is 17.7 Å². The average molecular weight is 219 g/mol. The molecule has 4 heteroatoms. The van der Waals surface area contributed by atoms with Crippen LogP contribution >= 0.6 is 0 Å². The predicted molar refractivity (Wildman–Crippen MR) is 63.1 cm³/mol. The van der Waals surface area contributed by atoms with Crippen LogP contribution < -0.4 is 10.6 Å². The van der Waals surface area contributed by atoms with Gasteiger partial charge in [-0.25, -0.2) is 4.98 Å². The number of pyridine rings is 1. The summed E-state index contributed by atoms with van der Waals surface area (Å²) < 4.78 is 0. The van der Waals surface area contributed by atoms with Crippen LogP contribution in [0.15, 0.2) is 18.3 Å². The van der Waals surface area contributed by atoms with Gasteiger partial charge in [-0.15, -0.1) is 0 Å². The molecule has 0 spiro atoms. The maximum Gasteiger partial charge on any atom is 0.123 e. The van der Waals surface area contributed by atoms with E-state index in [9.17, 15) is 5.11 Å². The highest BCUT2D eigenvalue weighted by molar-refractivity contribution is 5.48. The van der Waals surface area contributed by atoms with Gasteiger partial charge in [0.05, 0.1) is 18.0 Å². The fourth-order valence-electron chi connectivity index (χ4n) is 2.99. The van der Waals surface area contributed by atoms with Crippen molar-refractivity contribution in [3.8, 4) is 0 Å². The topological polar surface area (TPSA) is 62.4 Å². The maximum absolute atomic E-state index is 9.96. The highest BCUT2D eigenvalue weighted by Gasteiger charge is 2.40. The summed E-state index contributed by atoms with van der Waals surface area (Å²) in [5, 5.41) is 9.96. The average Bonchev–Trinajstić information content (AvgIpc) is 2.54.